The van der Waals surface area contributed by atoms with Crippen LogP contribution in [-0.2, 0) is 0 Å². The molecule has 2 amide bonds. The molecule has 4 aromatic rings. The van der Waals surface area contributed by atoms with Crippen molar-refractivity contribution in [2.45, 2.75) is 13.0 Å². The largest absolute Gasteiger partial charge is 0.354 e. The Morgan fingerprint density at radius 1 is 0.824 bits per heavy atom. The van der Waals surface area contributed by atoms with Crippen LogP contribution in [0.15, 0.2) is 95.5 Å². The van der Waals surface area contributed by atoms with Crippen LogP contribution in [0.2, 0.25) is 0 Å². The Kier molecular flexibility index (Phi) is 6.40. The quantitative estimate of drug-likeness (QED) is 0.429. The van der Waals surface area contributed by atoms with Gasteiger partial charge < -0.3 is 14.7 Å². The predicted octanol–water partition coefficient (Wildman–Crippen LogP) is 5.59. The van der Waals surface area contributed by atoms with Crippen molar-refractivity contribution in [1.29, 1.82) is 0 Å². The molecule has 3 aromatic carbocycles. The summed E-state index contributed by atoms with van der Waals surface area (Å²) in [6.07, 6.45) is 0. The highest BCUT2D eigenvalue weighted by atomic mass is 16.5. The number of aromatic nitrogens is 1. The third-order valence-corrected chi connectivity index (χ3v) is 6.33. The second-order valence-electron chi connectivity index (χ2n) is 8.52. The van der Waals surface area contributed by atoms with E-state index in [9.17, 15) is 4.79 Å². The first-order chi connectivity index (χ1) is 16.7. The first-order valence-electron chi connectivity index (χ1n) is 11.6. The normalized spacial score (nSPS) is 14.4. The molecule has 172 valence electrons. The average Bonchev–Trinajstić information content (AvgIpc) is 3.26. The fraction of sp³-hybridized carbons (Fsp3) is 0.214. The smallest absolute Gasteiger partial charge is 0.322 e. The average molecular weight is 453 g/mol. The van der Waals surface area contributed by atoms with Crippen LogP contribution in [0, 0.1) is 6.92 Å². The number of hydrogen-bond donors (Lipinski definition) is 1. The fourth-order valence-corrected chi connectivity index (χ4v) is 4.56. The number of carbonyl (C=O) groups is 1. The van der Waals surface area contributed by atoms with E-state index >= 15 is 0 Å². The molecule has 0 atom stereocenters. The maximum Gasteiger partial charge on any atom is 0.322 e. The standard InChI is InChI=1S/C28H28N4O2/c1-21-25(27(34-30-21)24-15-9-4-10-16-24)29-28(33)32-19-17-31(18-20-32)26(22-11-5-2-6-12-22)23-13-7-3-8-14-23/h2-16,26H,17-20H2,1H3,(H,29,33). The maximum absolute atomic E-state index is 13.1. The van der Waals surface area contributed by atoms with Gasteiger partial charge in [-0.05, 0) is 18.1 Å². The summed E-state index contributed by atoms with van der Waals surface area (Å²) < 4.78 is 5.52. The van der Waals surface area contributed by atoms with Crippen LogP contribution in [0.5, 0.6) is 0 Å². The van der Waals surface area contributed by atoms with Crippen LogP contribution in [0.1, 0.15) is 22.9 Å². The zero-order chi connectivity index (χ0) is 23.3. The van der Waals surface area contributed by atoms with Gasteiger partial charge >= 0.3 is 6.03 Å². The van der Waals surface area contributed by atoms with Crippen molar-refractivity contribution in [1.82, 2.24) is 15.0 Å². The summed E-state index contributed by atoms with van der Waals surface area (Å²) in [7, 11) is 0. The molecule has 1 N–H and O–H groups in total. The number of anilines is 1. The summed E-state index contributed by atoms with van der Waals surface area (Å²) in [5, 5.41) is 7.12. The molecule has 1 saturated heterocycles. The predicted molar refractivity (Wildman–Crippen MR) is 134 cm³/mol. The second-order valence-corrected chi connectivity index (χ2v) is 8.52. The van der Waals surface area contributed by atoms with Gasteiger partial charge in [0.2, 0.25) is 0 Å². The summed E-state index contributed by atoms with van der Waals surface area (Å²) in [6, 6.07) is 30.9. The molecule has 1 aromatic heterocycles. The van der Waals surface area contributed by atoms with E-state index in [2.05, 4.69) is 63.9 Å². The summed E-state index contributed by atoms with van der Waals surface area (Å²) in [5.74, 6) is 0.582. The number of carbonyl (C=O) groups excluding carboxylic acids is 1. The van der Waals surface area contributed by atoms with Gasteiger partial charge in [-0.25, -0.2) is 4.79 Å². The molecule has 34 heavy (non-hydrogen) atoms. The molecule has 1 fully saturated rings. The van der Waals surface area contributed by atoms with Crippen molar-refractivity contribution in [3.05, 3.63) is 108 Å². The Bertz CT molecular complexity index is 1180. The number of rotatable bonds is 5. The maximum atomic E-state index is 13.1. The van der Waals surface area contributed by atoms with Crippen LogP contribution in [0.3, 0.4) is 0 Å². The highest BCUT2D eigenvalue weighted by Crippen LogP contribution is 2.32. The van der Waals surface area contributed by atoms with E-state index in [4.69, 9.17) is 4.52 Å². The van der Waals surface area contributed by atoms with Crippen molar-refractivity contribution in [3.8, 4) is 11.3 Å². The molecular formula is C28H28N4O2. The first-order valence-corrected chi connectivity index (χ1v) is 11.6. The number of piperazine rings is 1. The first kappa shape index (κ1) is 21.9. The van der Waals surface area contributed by atoms with Crippen molar-refractivity contribution < 1.29 is 9.32 Å². The Morgan fingerprint density at radius 2 is 1.35 bits per heavy atom. The van der Waals surface area contributed by atoms with Gasteiger partial charge in [-0.15, -0.1) is 0 Å². The van der Waals surface area contributed by atoms with Gasteiger partial charge in [0.1, 0.15) is 11.4 Å². The van der Waals surface area contributed by atoms with Crippen molar-refractivity contribution >= 4 is 11.7 Å². The van der Waals surface area contributed by atoms with E-state index in [-0.39, 0.29) is 12.1 Å². The summed E-state index contributed by atoms with van der Waals surface area (Å²) in [5.41, 5.74) is 4.71. The van der Waals surface area contributed by atoms with E-state index in [0.29, 0.717) is 30.2 Å². The number of benzene rings is 3. The summed E-state index contributed by atoms with van der Waals surface area (Å²) >= 11 is 0. The lowest BCUT2D eigenvalue weighted by molar-refractivity contribution is 0.126. The zero-order valence-electron chi connectivity index (χ0n) is 19.2. The number of urea groups is 1. The van der Waals surface area contributed by atoms with E-state index in [1.807, 2.05) is 54.3 Å². The number of amides is 2. The Labute approximate surface area is 199 Å². The van der Waals surface area contributed by atoms with Crippen molar-refractivity contribution in [2.24, 2.45) is 0 Å². The van der Waals surface area contributed by atoms with Gasteiger partial charge in [0.05, 0.1) is 6.04 Å². The lowest BCUT2D eigenvalue weighted by Crippen LogP contribution is -2.51. The second kappa shape index (κ2) is 9.93. The van der Waals surface area contributed by atoms with E-state index < -0.39 is 0 Å². The molecule has 6 nitrogen and oxygen atoms in total. The van der Waals surface area contributed by atoms with Crippen LogP contribution in [0.4, 0.5) is 10.5 Å². The third-order valence-electron chi connectivity index (χ3n) is 6.33. The minimum absolute atomic E-state index is 0.126. The topological polar surface area (TPSA) is 61.6 Å². The van der Waals surface area contributed by atoms with Gasteiger partial charge in [-0.3, -0.25) is 4.90 Å². The highest BCUT2D eigenvalue weighted by molar-refractivity contribution is 5.94. The molecule has 0 aliphatic carbocycles. The van der Waals surface area contributed by atoms with Crippen LogP contribution < -0.4 is 5.32 Å². The molecule has 6 heteroatoms. The van der Waals surface area contributed by atoms with Gasteiger partial charge in [0, 0.05) is 31.7 Å². The van der Waals surface area contributed by atoms with Gasteiger partial charge in [0.25, 0.3) is 0 Å². The lowest BCUT2D eigenvalue weighted by Gasteiger charge is -2.39. The lowest BCUT2D eigenvalue weighted by atomic mass is 9.96. The molecular weight excluding hydrogens is 424 g/mol. The van der Waals surface area contributed by atoms with Gasteiger partial charge in [0.15, 0.2) is 5.76 Å². The molecule has 0 radical (unpaired) electrons. The fourth-order valence-electron chi connectivity index (χ4n) is 4.56. The van der Waals surface area contributed by atoms with E-state index in [1.165, 1.54) is 11.1 Å². The number of nitrogens with one attached hydrogen (secondary N) is 1. The van der Waals surface area contributed by atoms with E-state index in [1.54, 1.807) is 0 Å². The summed E-state index contributed by atoms with van der Waals surface area (Å²) in [6.45, 7) is 4.71. The number of hydrogen-bond acceptors (Lipinski definition) is 4. The monoisotopic (exact) mass is 452 g/mol. The van der Waals surface area contributed by atoms with Gasteiger partial charge in [-0.2, -0.15) is 0 Å². The molecule has 1 aliphatic heterocycles. The Balaban J connectivity index is 1.29. The summed E-state index contributed by atoms with van der Waals surface area (Å²) in [4.78, 5) is 17.5. The Hall–Kier alpha value is -3.90. The minimum atomic E-state index is -0.126. The van der Waals surface area contributed by atoms with Crippen LogP contribution in [0.25, 0.3) is 11.3 Å². The molecule has 0 bridgehead atoms. The third kappa shape index (κ3) is 4.58. The Morgan fingerprint density at radius 3 is 1.91 bits per heavy atom. The highest BCUT2D eigenvalue weighted by Gasteiger charge is 2.29. The molecule has 5 rings (SSSR count). The molecule has 0 unspecified atom stereocenters. The van der Waals surface area contributed by atoms with Crippen molar-refractivity contribution in [2.75, 3.05) is 31.5 Å². The minimum Gasteiger partial charge on any atom is -0.354 e. The molecule has 0 saturated carbocycles. The molecule has 2 heterocycles. The number of nitrogens with zero attached hydrogens (tertiary/aromatic N) is 3. The van der Waals surface area contributed by atoms with Crippen LogP contribution >= 0.6 is 0 Å². The molecule has 0 spiro atoms. The van der Waals surface area contributed by atoms with E-state index in [0.717, 1.165) is 18.7 Å². The molecule has 1 aliphatic rings. The SMILES string of the molecule is Cc1noc(-c2ccccc2)c1NC(=O)N1CCN(C(c2ccccc2)c2ccccc2)CC1. The van der Waals surface area contributed by atoms with Crippen LogP contribution in [-0.4, -0.2) is 47.2 Å². The van der Waals surface area contributed by atoms with Crippen molar-refractivity contribution in [3.63, 3.8) is 0 Å². The zero-order valence-corrected chi connectivity index (χ0v) is 19.2. The van der Waals surface area contributed by atoms with Gasteiger partial charge in [-0.1, -0.05) is 96.2 Å². The number of aryl methyl sites for hydroxylation is 1.